The van der Waals surface area contributed by atoms with Crippen molar-refractivity contribution in [1.29, 1.82) is 5.26 Å². The van der Waals surface area contributed by atoms with Gasteiger partial charge in [0.05, 0.1) is 29.6 Å². The Hall–Kier alpha value is -4.03. The van der Waals surface area contributed by atoms with Crippen LogP contribution in [-0.4, -0.2) is 57.5 Å². The third-order valence-electron chi connectivity index (χ3n) is 5.69. The van der Waals surface area contributed by atoms with Gasteiger partial charge in [0.15, 0.2) is 0 Å². The van der Waals surface area contributed by atoms with Gasteiger partial charge in [0.1, 0.15) is 18.3 Å². The van der Waals surface area contributed by atoms with E-state index in [0.717, 1.165) is 28.8 Å². The fourth-order valence-electron chi connectivity index (χ4n) is 3.86. The highest BCUT2D eigenvalue weighted by Gasteiger charge is 2.30. The molecule has 1 saturated heterocycles. The Morgan fingerprint density at radius 3 is 2.61 bits per heavy atom. The van der Waals surface area contributed by atoms with Crippen LogP contribution in [0.25, 0.3) is 10.9 Å². The molecule has 1 fully saturated rings. The van der Waals surface area contributed by atoms with Crippen LogP contribution in [0.3, 0.4) is 0 Å². The van der Waals surface area contributed by atoms with Gasteiger partial charge in [-0.05, 0) is 49.1 Å². The topological polar surface area (TPSA) is 112 Å². The highest BCUT2D eigenvalue weighted by atomic mass is 32.2. The van der Waals surface area contributed by atoms with Crippen LogP contribution in [-0.2, 0) is 22.1 Å². The zero-order chi connectivity index (χ0) is 27.5. The fourth-order valence-corrected chi connectivity index (χ4v) is 5.16. The second-order valence-corrected chi connectivity index (χ2v) is 10.0. The molecule has 0 saturated carbocycles. The number of halogens is 3. The number of pyridine rings is 1. The van der Waals surface area contributed by atoms with Gasteiger partial charge in [-0.3, -0.25) is 9.00 Å². The van der Waals surface area contributed by atoms with Crippen molar-refractivity contribution in [1.82, 2.24) is 14.9 Å². The van der Waals surface area contributed by atoms with Crippen molar-refractivity contribution < 1.29 is 22.2 Å². The Labute approximate surface area is 221 Å². The first kappa shape index (κ1) is 28.5. The number of hydrogen-bond acceptors (Lipinski definition) is 6. The predicted molar refractivity (Wildman–Crippen MR) is 142 cm³/mol. The standard InChI is InChI=1S/C19H20F3N3O2S.C7H7N3/c20-19(21,22)12-25-15(3-2-8-23-13-26)11-16-17(4-1-5-18(16)25)24-14-6-9-28(27)10-7-14;1-9-7-3-2-6(4-8)10-5-7/h1,4-5,11,13-14,24H,6-10,12H2,(H,23,26);2-3,5,9H,1H3. The molecular weight excluding hydrogens is 517 g/mol. The van der Waals surface area contributed by atoms with Crippen molar-refractivity contribution in [3.63, 3.8) is 0 Å². The van der Waals surface area contributed by atoms with Gasteiger partial charge in [0.2, 0.25) is 6.41 Å². The van der Waals surface area contributed by atoms with Crippen LogP contribution in [0, 0.1) is 23.2 Å². The molecule has 0 bridgehead atoms. The number of aromatic nitrogens is 2. The lowest BCUT2D eigenvalue weighted by Gasteiger charge is -2.24. The Morgan fingerprint density at radius 1 is 1.24 bits per heavy atom. The van der Waals surface area contributed by atoms with Crippen LogP contribution in [0.5, 0.6) is 0 Å². The van der Waals surface area contributed by atoms with Gasteiger partial charge in [-0.1, -0.05) is 12.0 Å². The molecule has 0 atom stereocenters. The van der Waals surface area contributed by atoms with Gasteiger partial charge in [-0.15, -0.1) is 0 Å². The number of carbonyl (C=O) groups excluding carboxylic acids is 1. The average molecular weight is 545 g/mol. The molecule has 3 heterocycles. The maximum absolute atomic E-state index is 13.1. The molecule has 0 aliphatic carbocycles. The number of nitrogens with zero attached hydrogens (tertiary/aromatic N) is 3. The maximum atomic E-state index is 13.1. The van der Waals surface area contributed by atoms with Crippen LogP contribution >= 0.6 is 0 Å². The van der Waals surface area contributed by atoms with E-state index in [9.17, 15) is 22.2 Å². The number of hydrogen-bond donors (Lipinski definition) is 3. The molecule has 2 aromatic heterocycles. The second-order valence-electron chi connectivity index (χ2n) is 8.33. The third-order valence-corrected chi connectivity index (χ3v) is 7.07. The molecule has 3 aromatic rings. The molecule has 0 unspecified atom stereocenters. The Kier molecular flexibility index (Phi) is 10.1. The highest BCUT2D eigenvalue weighted by molar-refractivity contribution is 7.85. The van der Waals surface area contributed by atoms with E-state index in [-0.39, 0.29) is 18.3 Å². The summed E-state index contributed by atoms with van der Waals surface area (Å²) in [4.78, 5) is 14.1. The molecule has 8 nitrogen and oxygen atoms in total. The van der Waals surface area contributed by atoms with E-state index in [4.69, 9.17) is 5.26 Å². The number of rotatable bonds is 6. The smallest absolute Gasteiger partial charge is 0.387 e. The van der Waals surface area contributed by atoms with Crippen LogP contribution in [0.1, 0.15) is 24.2 Å². The van der Waals surface area contributed by atoms with Crippen molar-refractivity contribution in [3.8, 4) is 17.9 Å². The zero-order valence-electron chi connectivity index (χ0n) is 20.6. The van der Waals surface area contributed by atoms with Crippen LogP contribution in [0.15, 0.2) is 42.6 Å². The average Bonchev–Trinajstić information content (AvgIpc) is 3.25. The molecular formula is C26H27F3N6O2S. The van der Waals surface area contributed by atoms with Gasteiger partial charge in [-0.2, -0.15) is 18.4 Å². The van der Waals surface area contributed by atoms with Crippen molar-refractivity contribution in [3.05, 3.63) is 54.0 Å². The van der Waals surface area contributed by atoms with Crippen molar-refractivity contribution in [2.24, 2.45) is 0 Å². The molecule has 1 aliphatic heterocycles. The van der Waals surface area contributed by atoms with Crippen LogP contribution in [0.4, 0.5) is 24.5 Å². The maximum Gasteiger partial charge on any atom is 0.406 e. The van der Waals surface area contributed by atoms with Crippen molar-refractivity contribution in [2.45, 2.75) is 31.6 Å². The first-order valence-electron chi connectivity index (χ1n) is 11.7. The van der Waals surface area contributed by atoms with E-state index < -0.39 is 23.5 Å². The molecule has 1 aromatic carbocycles. The molecule has 4 rings (SSSR count). The van der Waals surface area contributed by atoms with Gasteiger partial charge >= 0.3 is 6.18 Å². The molecule has 12 heteroatoms. The summed E-state index contributed by atoms with van der Waals surface area (Å²) >= 11 is 0. The van der Waals surface area contributed by atoms with Crippen LogP contribution < -0.4 is 16.0 Å². The third kappa shape index (κ3) is 8.25. The minimum absolute atomic E-state index is 0.0569. The number of fused-ring (bicyclic) bond motifs is 1. The highest BCUT2D eigenvalue weighted by Crippen LogP contribution is 2.31. The zero-order valence-corrected chi connectivity index (χ0v) is 21.5. The van der Waals surface area contributed by atoms with Gasteiger partial charge in [0, 0.05) is 46.5 Å². The second kappa shape index (κ2) is 13.5. The van der Waals surface area contributed by atoms with E-state index >= 15 is 0 Å². The number of carbonyl (C=O) groups is 1. The number of alkyl halides is 3. The number of nitrogens with one attached hydrogen (secondary N) is 3. The summed E-state index contributed by atoms with van der Waals surface area (Å²) in [5.41, 5.74) is 2.77. The van der Waals surface area contributed by atoms with E-state index in [2.05, 4.69) is 32.8 Å². The van der Waals surface area contributed by atoms with Crippen molar-refractivity contribution in [2.75, 3.05) is 35.7 Å². The lowest BCUT2D eigenvalue weighted by Crippen LogP contribution is -2.29. The van der Waals surface area contributed by atoms with Gasteiger partial charge < -0.3 is 20.5 Å². The molecule has 3 N–H and O–H groups in total. The van der Waals surface area contributed by atoms with Gasteiger partial charge in [0.25, 0.3) is 0 Å². The summed E-state index contributed by atoms with van der Waals surface area (Å²) < 4.78 is 52.0. The lowest BCUT2D eigenvalue weighted by atomic mass is 10.1. The van der Waals surface area contributed by atoms with Crippen LogP contribution in [0.2, 0.25) is 0 Å². The number of nitriles is 1. The first-order valence-corrected chi connectivity index (χ1v) is 13.2. The molecule has 1 aliphatic rings. The summed E-state index contributed by atoms with van der Waals surface area (Å²) in [6.45, 7) is -1.09. The lowest BCUT2D eigenvalue weighted by molar-refractivity contribution is -0.140. The van der Waals surface area contributed by atoms with Crippen molar-refractivity contribution >= 4 is 39.5 Å². The quantitative estimate of drug-likeness (QED) is 0.248. The summed E-state index contributed by atoms with van der Waals surface area (Å²) in [7, 11) is 1.03. The minimum Gasteiger partial charge on any atom is -0.387 e. The Bertz CT molecular complexity index is 1360. The monoisotopic (exact) mass is 544 g/mol. The minimum atomic E-state index is -4.39. The Morgan fingerprint density at radius 2 is 2.00 bits per heavy atom. The Balaban J connectivity index is 0.000000336. The molecule has 0 spiro atoms. The summed E-state index contributed by atoms with van der Waals surface area (Å²) in [6.07, 6.45) is -0.759. The number of amides is 1. The fraction of sp³-hybridized carbons (Fsp3) is 0.346. The first-order chi connectivity index (χ1) is 18.2. The largest absolute Gasteiger partial charge is 0.406 e. The summed E-state index contributed by atoms with van der Waals surface area (Å²) in [5.74, 6) is 6.64. The normalized spacial score (nSPS) is 16.7. The molecule has 38 heavy (non-hydrogen) atoms. The molecule has 200 valence electrons. The van der Waals surface area contributed by atoms with E-state index in [1.165, 1.54) is 0 Å². The summed E-state index contributed by atoms with van der Waals surface area (Å²) in [5, 5.41) is 17.7. The summed E-state index contributed by atoms with van der Waals surface area (Å²) in [6, 6.07) is 12.4. The van der Waals surface area contributed by atoms with E-state index in [0.29, 0.717) is 34.5 Å². The van der Waals surface area contributed by atoms with Gasteiger partial charge in [-0.25, -0.2) is 4.98 Å². The van der Waals surface area contributed by atoms with E-state index in [1.807, 2.05) is 25.2 Å². The predicted octanol–water partition coefficient (Wildman–Crippen LogP) is 3.62. The molecule has 0 radical (unpaired) electrons. The SMILES string of the molecule is CNc1ccc(C#N)nc1.O=CNCC#Cc1cc2c(NC3CCS(=O)CC3)cccc2n1CC(F)(F)F. The number of anilines is 2. The van der Waals surface area contributed by atoms with E-state index in [1.54, 1.807) is 30.5 Å². The molecule has 1 amide bonds. The number of benzene rings is 1.